The van der Waals surface area contributed by atoms with Crippen molar-refractivity contribution < 1.29 is 9.72 Å². The number of anilines is 1. The van der Waals surface area contributed by atoms with Gasteiger partial charge in [0.1, 0.15) is 0 Å². The first-order chi connectivity index (χ1) is 9.74. The Morgan fingerprint density at radius 2 is 2.10 bits per heavy atom. The van der Waals surface area contributed by atoms with Crippen molar-refractivity contribution in [3.63, 3.8) is 0 Å². The molecule has 0 saturated carbocycles. The van der Waals surface area contributed by atoms with Crippen LogP contribution in [-0.2, 0) is 11.2 Å². The normalized spacial score (nSPS) is 16.0. The van der Waals surface area contributed by atoms with Crippen molar-refractivity contribution in [2.75, 3.05) is 17.2 Å². The van der Waals surface area contributed by atoms with E-state index in [1.165, 1.54) is 12.1 Å². The molecule has 0 N–H and O–H groups in total. The third-order valence-corrected chi connectivity index (χ3v) is 4.50. The summed E-state index contributed by atoms with van der Waals surface area (Å²) in [5.41, 5.74) is 1.61. The maximum absolute atomic E-state index is 12.2. The standard InChI is InChI=1S/C15H20N2O3S/c1-15(2,3)11(9-21)8-16-13-5-4-12(17(19)20)6-10(13)7-14(16)18/h4-6,11,21H,7-9H2,1-3H3. The van der Waals surface area contributed by atoms with Gasteiger partial charge < -0.3 is 4.90 Å². The van der Waals surface area contributed by atoms with Crippen molar-refractivity contribution in [3.8, 4) is 0 Å². The molecular formula is C15H20N2O3S. The van der Waals surface area contributed by atoms with E-state index in [2.05, 4.69) is 33.4 Å². The van der Waals surface area contributed by atoms with E-state index in [0.717, 1.165) is 11.3 Å². The zero-order valence-electron chi connectivity index (χ0n) is 12.5. The molecule has 5 nitrogen and oxygen atoms in total. The summed E-state index contributed by atoms with van der Waals surface area (Å²) < 4.78 is 0. The van der Waals surface area contributed by atoms with Gasteiger partial charge in [-0.15, -0.1) is 0 Å². The lowest BCUT2D eigenvalue weighted by atomic mass is 9.81. The van der Waals surface area contributed by atoms with Gasteiger partial charge in [-0.25, -0.2) is 0 Å². The quantitative estimate of drug-likeness (QED) is 0.528. The van der Waals surface area contributed by atoms with E-state index >= 15 is 0 Å². The second kappa shape index (κ2) is 5.67. The lowest BCUT2D eigenvalue weighted by Gasteiger charge is -2.33. The fraction of sp³-hybridized carbons (Fsp3) is 0.533. The van der Waals surface area contributed by atoms with E-state index in [-0.39, 0.29) is 29.3 Å². The summed E-state index contributed by atoms with van der Waals surface area (Å²) in [7, 11) is 0. The smallest absolute Gasteiger partial charge is 0.269 e. The zero-order chi connectivity index (χ0) is 15.8. The summed E-state index contributed by atoms with van der Waals surface area (Å²) in [5.74, 6) is 0.947. The Labute approximate surface area is 129 Å². The molecule has 0 aliphatic carbocycles. The number of hydrogen-bond acceptors (Lipinski definition) is 4. The Kier molecular flexibility index (Phi) is 4.27. The van der Waals surface area contributed by atoms with Gasteiger partial charge in [-0.05, 0) is 28.7 Å². The molecule has 1 amide bonds. The maximum Gasteiger partial charge on any atom is 0.269 e. The molecule has 1 aromatic carbocycles. The van der Waals surface area contributed by atoms with E-state index in [0.29, 0.717) is 12.3 Å². The summed E-state index contributed by atoms with van der Waals surface area (Å²) >= 11 is 4.40. The van der Waals surface area contributed by atoms with E-state index in [4.69, 9.17) is 0 Å². The molecule has 1 aliphatic rings. The molecule has 0 saturated heterocycles. The molecule has 1 aromatic rings. The number of carbonyl (C=O) groups excluding carboxylic acids is 1. The van der Waals surface area contributed by atoms with Crippen LogP contribution in [0.2, 0.25) is 0 Å². The molecule has 2 rings (SSSR count). The van der Waals surface area contributed by atoms with Gasteiger partial charge >= 0.3 is 0 Å². The van der Waals surface area contributed by atoms with Crippen molar-refractivity contribution in [3.05, 3.63) is 33.9 Å². The number of nitro benzene ring substituents is 1. The number of nitrogens with zero attached hydrogens (tertiary/aromatic N) is 2. The van der Waals surface area contributed by atoms with Crippen LogP contribution in [0.1, 0.15) is 26.3 Å². The highest BCUT2D eigenvalue weighted by molar-refractivity contribution is 7.80. The average molecular weight is 308 g/mol. The summed E-state index contributed by atoms with van der Waals surface area (Å²) in [4.78, 5) is 24.3. The fourth-order valence-electron chi connectivity index (χ4n) is 2.51. The minimum atomic E-state index is -0.431. The van der Waals surface area contributed by atoms with Crippen molar-refractivity contribution in [2.45, 2.75) is 27.2 Å². The van der Waals surface area contributed by atoms with Crippen molar-refractivity contribution in [1.29, 1.82) is 0 Å². The molecule has 1 heterocycles. The lowest BCUT2D eigenvalue weighted by molar-refractivity contribution is -0.384. The van der Waals surface area contributed by atoms with Gasteiger partial charge in [0, 0.05) is 24.4 Å². The molecule has 0 fully saturated rings. The Morgan fingerprint density at radius 1 is 1.43 bits per heavy atom. The predicted molar refractivity (Wildman–Crippen MR) is 86.0 cm³/mol. The molecule has 6 heteroatoms. The molecule has 21 heavy (non-hydrogen) atoms. The number of amides is 1. The van der Waals surface area contributed by atoms with Crippen molar-refractivity contribution in [2.24, 2.45) is 11.3 Å². The van der Waals surface area contributed by atoms with Crippen LogP contribution in [0.25, 0.3) is 0 Å². The number of carbonyl (C=O) groups is 1. The SMILES string of the molecule is CC(C)(C)C(CS)CN1C(=O)Cc2cc([N+](=O)[O-])ccc21. The number of fused-ring (bicyclic) bond motifs is 1. The maximum atomic E-state index is 12.2. The number of hydrogen-bond donors (Lipinski definition) is 1. The van der Waals surface area contributed by atoms with E-state index < -0.39 is 4.92 Å². The third-order valence-electron chi connectivity index (χ3n) is 4.06. The molecule has 114 valence electrons. The third kappa shape index (κ3) is 3.20. The van der Waals surface area contributed by atoms with E-state index in [9.17, 15) is 14.9 Å². The monoisotopic (exact) mass is 308 g/mol. The van der Waals surface area contributed by atoms with Crippen molar-refractivity contribution in [1.82, 2.24) is 0 Å². The van der Waals surface area contributed by atoms with Crippen LogP contribution in [-0.4, -0.2) is 23.1 Å². The first-order valence-corrected chi connectivity index (χ1v) is 7.56. The summed E-state index contributed by atoms with van der Waals surface area (Å²) in [6.07, 6.45) is 0.237. The summed E-state index contributed by atoms with van der Waals surface area (Å²) in [5, 5.41) is 10.8. The van der Waals surface area contributed by atoms with Crippen LogP contribution in [0.3, 0.4) is 0 Å². The first kappa shape index (κ1) is 15.8. The molecule has 1 atom stereocenters. The molecular weight excluding hydrogens is 288 g/mol. The zero-order valence-corrected chi connectivity index (χ0v) is 13.4. The van der Waals surface area contributed by atoms with Gasteiger partial charge in [0.15, 0.2) is 0 Å². The molecule has 0 aromatic heterocycles. The van der Waals surface area contributed by atoms with Gasteiger partial charge in [0.25, 0.3) is 5.69 Å². The highest BCUT2D eigenvalue weighted by Gasteiger charge is 2.33. The van der Waals surface area contributed by atoms with Crippen LogP contribution in [0.5, 0.6) is 0 Å². The van der Waals surface area contributed by atoms with Gasteiger partial charge in [0.2, 0.25) is 5.91 Å². The molecule has 0 radical (unpaired) electrons. The Morgan fingerprint density at radius 3 is 2.62 bits per heavy atom. The largest absolute Gasteiger partial charge is 0.312 e. The van der Waals surface area contributed by atoms with Crippen molar-refractivity contribution >= 4 is 29.9 Å². The minimum Gasteiger partial charge on any atom is -0.312 e. The number of rotatable bonds is 4. The Balaban J connectivity index is 2.28. The number of benzene rings is 1. The molecule has 0 bridgehead atoms. The van der Waals surface area contributed by atoms with Crippen LogP contribution in [0, 0.1) is 21.4 Å². The number of nitro groups is 1. The lowest BCUT2D eigenvalue weighted by Crippen LogP contribution is -2.38. The van der Waals surface area contributed by atoms with Crippen LogP contribution < -0.4 is 4.90 Å². The highest BCUT2D eigenvalue weighted by Crippen LogP contribution is 2.35. The van der Waals surface area contributed by atoms with Gasteiger partial charge in [0.05, 0.1) is 11.3 Å². The Bertz CT molecular complexity index is 581. The van der Waals surface area contributed by atoms with Crippen LogP contribution >= 0.6 is 12.6 Å². The highest BCUT2D eigenvalue weighted by atomic mass is 32.1. The topological polar surface area (TPSA) is 63.5 Å². The fourth-order valence-corrected chi connectivity index (χ4v) is 3.17. The van der Waals surface area contributed by atoms with E-state index in [1.807, 2.05) is 0 Å². The van der Waals surface area contributed by atoms with E-state index in [1.54, 1.807) is 11.0 Å². The average Bonchev–Trinajstić information content (AvgIpc) is 2.69. The number of non-ortho nitro benzene ring substituents is 1. The second-order valence-corrected chi connectivity index (χ2v) is 6.86. The van der Waals surface area contributed by atoms with Gasteiger partial charge in [-0.2, -0.15) is 12.6 Å². The predicted octanol–water partition coefficient (Wildman–Crippen LogP) is 3.08. The van der Waals surface area contributed by atoms with Crippen LogP contribution in [0.4, 0.5) is 11.4 Å². The molecule has 1 aliphatic heterocycles. The minimum absolute atomic E-state index is 0.00142. The molecule has 0 spiro atoms. The van der Waals surface area contributed by atoms with Crippen LogP contribution in [0.15, 0.2) is 18.2 Å². The summed E-state index contributed by atoms with van der Waals surface area (Å²) in [6.45, 7) is 6.98. The molecule has 1 unspecified atom stereocenters. The van der Waals surface area contributed by atoms with Gasteiger partial charge in [-0.1, -0.05) is 20.8 Å². The first-order valence-electron chi connectivity index (χ1n) is 6.92. The van der Waals surface area contributed by atoms with Gasteiger partial charge in [-0.3, -0.25) is 14.9 Å². The second-order valence-electron chi connectivity index (χ2n) is 6.50. The Hall–Kier alpha value is -1.56. The summed E-state index contributed by atoms with van der Waals surface area (Å²) in [6, 6.07) is 4.63. The number of thiol groups is 1.